The quantitative estimate of drug-likeness (QED) is 0.630. The molecule has 3 aromatic rings. The first-order valence-electron chi connectivity index (χ1n) is 9.18. The van der Waals surface area contributed by atoms with E-state index >= 15 is 0 Å². The van der Waals surface area contributed by atoms with Crippen LogP contribution in [-0.4, -0.2) is 38.7 Å². The third-order valence-electron chi connectivity index (χ3n) is 4.83. The zero-order valence-electron chi connectivity index (χ0n) is 15.3. The zero-order valence-corrected chi connectivity index (χ0v) is 16.2. The Morgan fingerprint density at radius 1 is 1.00 bits per heavy atom. The zero-order chi connectivity index (χ0) is 18.6. The molecule has 27 heavy (non-hydrogen) atoms. The van der Waals surface area contributed by atoms with Crippen molar-refractivity contribution in [3.05, 3.63) is 65.7 Å². The Bertz CT molecular complexity index is 915. The van der Waals surface area contributed by atoms with E-state index in [2.05, 4.69) is 10.2 Å². The van der Waals surface area contributed by atoms with Crippen LogP contribution in [0.25, 0.3) is 11.4 Å². The summed E-state index contributed by atoms with van der Waals surface area (Å²) in [6, 6.07) is 18.0. The minimum atomic E-state index is 0.146. The number of nitrogens with zero attached hydrogens (tertiary/aromatic N) is 4. The maximum absolute atomic E-state index is 12.4. The molecule has 1 fully saturated rings. The van der Waals surface area contributed by atoms with Gasteiger partial charge in [0.1, 0.15) is 0 Å². The number of carbonyl (C=O) groups excluding carboxylic acids is 1. The molecule has 0 unspecified atom stereocenters. The lowest BCUT2D eigenvalue weighted by atomic mass is 10.1. The van der Waals surface area contributed by atoms with E-state index in [1.165, 1.54) is 5.56 Å². The lowest BCUT2D eigenvalue weighted by Crippen LogP contribution is -2.27. The van der Waals surface area contributed by atoms with Gasteiger partial charge in [0.2, 0.25) is 0 Å². The maximum atomic E-state index is 12.4. The minimum absolute atomic E-state index is 0.146. The van der Waals surface area contributed by atoms with E-state index in [1.54, 1.807) is 11.8 Å². The lowest BCUT2D eigenvalue weighted by molar-refractivity contribution is 0.0793. The van der Waals surface area contributed by atoms with Crippen LogP contribution in [0.4, 0.5) is 0 Å². The van der Waals surface area contributed by atoms with Crippen LogP contribution in [-0.2, 0) is 12.8 Å². The normalized spacial score (nSPS) is 13.9. The van der Waals surface area contributed by atoms with Gasteiger partial charge in [-0.15, -0.1) is 10.2 Å². The molecule has 0 radical (unpaired) electrons. The van der Waals surface area contributed by atoms with Crippen molar-refractivity contribution in [1.29, 1.82) is 0 Å². The fourth-order valence-corrected chi connectivity index (χ4v) is 4.14. The van der Waals surface area contributed by atoms with Gasteiger partial charge in [-0.3, -0.25) is 4.79 Å². The highest BCUT2D eigenvalue weighted by Gasteiger charge is 2.19. The van der Waals surface area contributed by atoms with Crippen molar-refractivity contribution in [2.24, 2.45) is 7.05 Å². The second-order valence-corrected chi connectivity index (χ2v) is 7.66. The summed E-state index contributed by atoms with van der Waals surface area (Å²) in [5.41, 5.74) is 3.00. The van der Waals surface area contributed by atoms with E-state index in [0.29, 0.717) is 0 Å². The van der Waals surface area contributed by atoms with E-state index in [9.17, 15) is 4.79 Å². The van der Waals surface area contributed by atoms with Gasteiger partial charge in [0.05, 0.1) is 0 Å². The average Bonchev–Trinajstić information content (AvgIpc) is 3.37. The molecule has 1 aliphatic rings. The van der Waals surface area contributed by atoms with Gasteiger partial charge in [0, 0.05) is 37.0 Å². The summed E-state index contributed by atoms with van der Waals surface area (Å²) in [4.78, 5) is 14.4. The van der Waals surface area contributed by atoms with Crippen LogP contribution >= 0.6 is 11.8 Å². The number of hydrogen-bond acceptors (Lipinski definition) is 4. The van der Waals surface area contributed by atoms with Crippen LogP contribution in [0.2, 0.25) is 0 Å². The molecule has 2 heterocycles. The van der Waals surface area contributed by atoms with Crippen LogP contribution in [0, 0.1) is 0 Å². The maximum Gasteiger partial charge on any atom is 0.253 e. The third kappa shape index (κ3) is 3.90. The lowest BCUT2D eigenvalue weighted by Gasteiger charge is -2.15. The van der Waals surface area contributed by atoms with Gasteiger partial charge < -0.3 is 9.47 Å². The van der Waals surface area contributed by atoms with Crippen molar-refractivity contribution >= 4 is 17.7 Å². The Kier molecular flexibility index (Phi) is 5.25. The standard InChI is InChI=1S/C21H22N4OS/c1-24-19(17-7-3-2-4-8-17)22-23-21(24)27-15-16-9-11-18(12-10-16)20(26)25-13-5-6-14-25/h2-4,7-12H,5-6,13-15H2,1H3. The first-order chi connectivity index (χ1) is 13.2. The van der Waals surface area contributed by atoms with Crippen molar-refractivity contribution in [2.45, 2.75) is 23.8 Å². The van der Waals surface area contributed by atoms with Gasteiger partial charge >= 0.3 is 0 Å². The Balaban J connectivity index is 1.40. The first-order valence-corrected chi connectivity index (χ1v) is 10.2. The van der Waals surface area contributed by atoms with Crippen LogP contribution in [0.3, 0.4) is 0 Å². The van der Waals surface area contributed by atoms with Gasteiger partial charge in [-0.1, -0.05) is 54.2 Å². The fraction of sp³-hybridized carbons (Fsp3) is 0.286. The molecule has 0 bridgehead atoms. The molecule has 2 aromatic carbocycles. The molecule has 0 saturated carbocycles. The van der Waals surface area contributed by atoms with Gasteiger partial charge in [0.25, 0.3) is 5.91 Å². The van der Waals surface area contributed by atoms with Gasteiger partial charge in [-0.2, -0.15) is 0 Å². The Morgan fingerprint density at radius 2 is 1.70 bits per heavy atom. The molecule has 1 amide bonds. The summed E-state index contributed by atoms with van der Waals surface area (Å²) in [7, 11) is 1.99. The van der Waals surface area contributed by atoms with Crippen molar-refractivity contribution in [2.75, 3.05) is 13.1 Å². The molecule has 0 atom stereocenters. The summed E-state index contributed by atoms with van der Waals surface area (Å²) in [5.74, 6) is 1.80. The highest BCUT2D eigenvalue weighted by Crippen LogP contribution is 2.25. The molecule has 6 heteroatoms. The summed E-state index contributed by atoms with van der Waals surface area (Å²) >= 11 is 1.65. The van der Waals surface area contributed by atoms with Crippen LogP contribution in [0.1, 0.15) is 28.8 Å². The van der Waals surface area contributed by atoms with Crippen LogP contribution in [0.15, 0.2) is 59.8 Å². The smallest absolute Gasteiger partial charge is 0.253 e. The molecular formula is C21H22N4OS. The summed E-state index contributed by atoms with van der Waals surface area (Å²) in [6.45, 7) is 1.76. The summed E-state index contributed by atoms with van der Waals surface area (Å²) in [5, 5.41) is 9.52. The number of hydrogen-bond donors (Lipinski definition) is 0. The molecule has 0 aliphatic carbocycles. The Morgan fingerprint density at radius 3 is 2.41 bits per heavy atom. The van der Waals surface area contributed by atoms with Crippen LogP contribution in [0.5, 0.6) is 0 Å². The van der Waals surface area contributed by atoms with Crippen molar-refractivity contribution in [1.82, 2.24) is 19.7 Å². The third-order valence-corrected chi connectivity index (χ3v) is 5.92. The number of amides is 1. The number of likely N-dealkylation sites (tertiary alicyclic amines) is 1. The summed E-state index contributed by atoms with van der Waals surface area (Å²) < 4.78 is 2.02. The first kappa shape index (κ1) is 17.8. The van der Waals surface area contributed by atoms with E-state index in [4.69, 9.17) is 0 Å². The molecule has 4 rings (SSSR count). The number of benzene rings is 2. The van der Waals surface area contributed by atoms with Gasteiger partial charge in [-0.25, -0.2) is 0 Å². The molecule has 1 saturated heterocycles. The Labute approximate surface area is 163 Å². The minimum Gasteiger partial charge on any atom is -0.339 e. The van der Waals surface area contributed by atoms with Crippen molar-refractivity contribution in [3.63, 3.8) is 0 Å². The van der Waals surface area contributed by atoms with Crippen molar-refractivity contribution < 1.29 is 4.79 Å². The highest BCUT2D eigenvalue weighted by atomic mass is 32.2. The summed E-state index contributed by atoms with van der Waals surface area (Å²) in [6.07, 6.45) is 2.23. The average molecular weight is 379 g/mol. The van der Waals surface area contributed by atoms with Crippen LogP contribution < -0.4 is 0 Å². The second-order valence-electron chi connectivity index (χ2n) is 6.72. The molecule has 0 spiro atoms. The SMILES string of the molecule is Cn1c(SCc2ccc(C(=O)N3CCCC3)cc2)nnc1-c1ccccc1. The van der Waals surface area contributed by atoms with E-state index < -0.39 is 0 Å². The highest BCUT2D eigenvalue weighted by molar-refractivity contribution is 7.98. The number of aromatic nitrogens is 3. The number of rotatable bonds is 5. The van der Waals surface area contributed by atoms with Crippen molar-refractivity contribution in [3.8, 4) is 11.4 Å². The monoisotopic (exact) mass is 378 g/mol. The number of carbonyl (C=O) groups is 1. The molecule has 1 aromatic heterocycles. The molecular weight excluding hydrogens is 356 g/mol. The molecule has 138 valence electrons. The van der Waals surface area contributed by atoms with E-state index in [0.717, 1.165) is 53.8 Å². The second kappa shape index (κ2) is 7.96. The molecule has 5 nitrogen and oxygen atoms in total. The van der Waals surface area contributed by atoms with E-state index in [1.807, 2.05) is 71.1 Å². The van der Waals surface area contributed by atoms with E-state index in [-0.39, 0.29) is 5.91 Å². The Hall–Kier alpha value is -2.60. The fourth-order valence-electron chi connectivity index (χ4n) is 3.27. The topological polar surface area (TPSA) is 51.0 Å². The predicted molar refractivity (Wildman–Crippen MR) is 108 cm³/mol. The largest absolute Gasteiger partial charge is 0.339 e. The molecule has 1 aliphatic heterocycles. The number of thioether (sulfide) groups is 1. The van der Waals surface area contributed by atoms with Gasteiger partial charge in [-0.05, 0) is 30.5 Å². The van der Waals surface area contributed by atoms with Gasteiger partial charge in [0.15, 0.2) is 11.0 Å². The predicted octanol–water partition coefficient (Wildman–Crippen LogP) is 4.01. The molecule has 0 N–H and O–H groups in total.